The lowest BCUT2D eigenvalue weighted by Gasteiger charge is -2.22. The maximum absolute atomic E-state index is 5.63. The normalized spacial score (nSPS) is 14.9. The number of rotatable bonds is 7. The standard InChI is InChI=1S/C18H30O/c1-13(2)11-15(5)16(6)18-9-7-17(8-10-18)12-19-14(3)4/h7-10,13-16H,11-12H2,1-6H3. The van der Waals surface area contributed by atoms with Crippen molar-refractivity contribution in [2.45, 2.75) is 66.6 Å². The lowest BCUT2D eigenvalue weighted by atomic mass is 9.83. The lowest BCUT2D eigenvalue weighted by Crippen LogP contribution is -2.09. The third-order valence-electron chi connectivity index (χ3n) is 3.79. The molecule has 0 N–H and O–H groups in total. The summed E-state index contributed by atoms with van der Waals surface area (Å²) in [5.74, 6) is 2.14. The molecular formula is C18H30O. The average Bonchev–Trinajstić information content (AvgIpc) is 2.35. The van der Waals surface area contributed by atoms with Gasteiger partial charge in [0.15, 0.2) is 0 Å². The zero-order valence-corrected chi connectivity index (χ0v) is 13.4. The molecule has 0 saturated heterocycles. The zero-order chi connectivity index (χ0) is 14.4. The van der Waals surface area contributed by atoms with Gasteiger partial charge >= 0.3 is 0 Å². The highest BCUT2D eigenvalue weighted by molar-refractivity contribution is 5.25. The van der Waals surface area contributed by atoms with Gasteiger partial charge in [0.2, 0.25) is 0 Å². The van der Waals surface area contributed by atoms with Gasteiger partial charge in [-0.25, -0.2) is 0 Å². The first-order valence-corrected chi connectivity index (χ1v) is 7.60. The molecule has 0 aromatic heterocycles. The molecule has 2 atom stereocenters. The van der Waals surface area contributed by atoms with Crippen molar-refractivity contribution in [1.29, 1.82) is 0 Å². The summed E-state index contributed by atoms with van der Waals surface area (Å²) in [7, 11) is 0. The Morgan fingerprint density at radius 3 is 1.95 bits per heavy atom. The molecule has 0 aliphatic heterocycles. The maximum atomic E-state index is 5.63. The van der Waals surface area contributed by atoms with Gasteiger partial charge in [-0.15, -0.1) is 0 Å². The highest BCUT2D eigenvalue weighted by Crippen LogP contribution is 2.29. The second-order valence-corrected chi connectivity index (χ2v) is 6.50. The Morgan fingerprint density at radius 1 is 0.895 bits per heavy atom. The van der Waals surface area contributed by atoms with Crippen molar-refractivity contribution in [2.24, 2.45) is 11.8 Å². The lowest BCUT2D eigenvalue weighted by molar-refractivity contribution is 0.0657. The maximum Gasteiger partial charge on any atom is 0.0720 e. The van der Waals surface area contributed by atoms with E-state index >= 15 is 0 Å². The Hall–Kier alpha value is -0.820. The number of ether oxygens (including phenoxy) is 1. The minimum atomic E-state index is 0.296. The molecule has 1 rings (SSSR count). The molecule has 0 radical (unpaired) electrons. The fourth-order valence-corrected chi connectivity index (χ4v) is 2.46. The van der Waals surface area contributed by atoms with Crippen LogP contribution in [-0.2, 0) is 11.3 Å². The summed E-state index contributed by atoms with van der Waals surface area (Å²) in [5, 5.41) is 0. The minimum absolute atomic E-state index is 0.296. The second-order valence-electron chi connectivity index (χ2n) is 6.50. The molecule has 0 amide bonds. The van der Waals surface area contributed by atoms with Gasteiger partial charge in [0.05, 0.1) is 12.7 Å². The van der Waals surface area contributed by atoms with Gasteiger partial charge in [-0.1, -0.05) is 52.0 Å². The summed E-state index contributed by atoms with van der Waals surface area (Å²) in [6.45, 7) is 14.2. The summed E-state index contributed by atoms with van der Waals surface area (Å²) in [5.41, 5.74) is 2.71. The third-order valence-corrected chi connectivity index (χ3v) is 3.79. The summed E-state index contributed by atoms with van der Waals surface area (Å²) in [4.78, 5) is 0. The number of benzene rings is 1. The molecule has 1 heteroatoms. The van der Waals surface area contributed by atoms with Crippen LogP contribution < -0.4 is 0 Å². The summed E-state index contributed by atoms with van der Waals surface area (Å²) in [6.07, 6.45) is 1.59. The first-order chi connectivity index (χ1) is 8.90. The van der Waals surface area contributed by atoms with Crippen LogP contribution in [0.1, 0.15) is 65.0 Å². The van der Waals surface area contributed by atoms with Crippen LogP contribution in [0, 0.1) is 11.8 Å². The van der Waals surface area contributed by atoms with E-state index in [1.54, 1.807) is 0 Å². The Bertz CT molecular complexity index is 350. The molecular weight excluding hydrogens is 232 g/mol. The summed E-state index contributed by atoms with van der Waals surface area (Å²) in [6, 6.07) is 8.94. The van der Waals surface area contributed by atoms with Gasteiger partial charge < -0.3 is 4.74 Å². The van der Waals surface area contributed by atoms with E-state index in [0.29, 0.717) is 18.6 Å². The highest BCUT2D eigenvalue weighted by atomic mass is 16.5. The summed E-state index contributed by atoms with van der Waals surface area (Å²) < 4.78 is 5.63. The molecule has 0 fully saturated rings. The van der Waals surface area contributed by atoms with Gasteiger partial charge in [-0.05, 0) is 49.1 Å². The van der Waals surface area contributed by atoms with Crippen LogP contribution in [0.25, 0.3) is 0 Å². The Labute approximate surface area is 119 Å². The fourth-order valence-electron chi connectivity index (χ4n) is 2.46. The molecule has 108 valence electrons. The van der Waals surface area contributed by atoms with Gasteiger partial charge in [0.25, 0.3) is 0 Å². The van der Waals surface area contributed by atoms with Gasteiger partial charge in [0, 0.05) is 0 Å². The van der Waals surface area contributed by atoms with Crippen LogP contribution in [0.4, 0.5) is 0 Å². The van der Waals surface area contributed by atoms with Crippen LogP contribution in [0.2, 0.25) is 0 Å². The quantitative estimate of drug-likeness (QED) is 0.639. The van der Waals surface area contributed by atoms with E-state index in [4.69, 9.17) is 4.74 Å². The molecule has 0 spiro atoms. The van der Waals surface area contributed by atoms with Crippen molar-refractivity contribution in [3.63, 3.8) is 0 Å². The van der Waals surface area contributed by atoms with Crippen LogP contribution in [0.5, 0.6) is 0 Å². The predicted octanol–water partition coefficient (Wildman–Crippen LogP) is 5.40. The van der Waals surface area contributed by atoms with E-state index in [9.17, 15) is 0 Å². The number of hydrogen-bond donors (Lipinski definition) is 0. The summed E-state index contributed by atoms with van der Waals surface area (Å²) >= 11 is 0. The molecule has 1 aromatic rings. The molecule has 0 heterocycles. The topological polar surface area (TPSA) is 9.23 Å². The molecule has 0 aliphatic carbocycles. The van der Waals surface area contributed by atoms with E-state index in [0.717, 1.165) is 11.8 Å². The SMILES string of the molecule is CC(C)CC(C)C(C)c1ccc(COC(C)C)cc1. The van der Waals surface area contributed by atoms with Gasteiger partial charge in [-0.3, -0.25) is 0 Å². The van der Waals surface area contributed by atoms with Crippen LogP contribution in [0.15, 0.2) is 24.3 Å². The van der Waals surface area contributed by atoms with Crippen molar-refractivity contribution in [3.8, 4) is 0 Å². The van der Waals surface area contributed by atoms with E-state index in [1.165, 1.54) is 17.5 Å². The third kappa shape index (κ3) is 5.78. The molecule has 0 bridgehead atoms. The van der Waals surface area contributed by atoms with Gasteiger partial charge in [-0.2, -0.15) is 0 Å². The Morgan fingerprint density at radius 2 is 1.47 bits per heavy atom. The molecule has 2 unspecified atom stereocenters. The molecule has 19 heavy (non-hydrogen) atoms. The monoisotopic (exact) mass is 262 g/mol. The largest absolute Gasteiger partial charge is 0.374 e. The van der Waals surface area contributed by atoms with Gasteiger partial charge in [0.1, 0.15) is 0 Å². The second kappa shape index (κ2) is 7.69. The van der Waals surface area contributed by atoms with Crippen molar-refractivity contribution >= 4 is 0 Å². The van der Waals surface area contributed by atoms with Crippen molar-refractivity contribution in [2.75, 3.05) is 0 Å². The van der Waals surface area contributed by atoms with E-state index < -0.39 is 0 Å². The van der Waals surface area contributed by atoms with E-state index in [2.05, 4.69) is 65.8 Å². The Balaban J connectivity index is 2.59. The minimum Gasteiger partial charge on any atom is -0.374 e. The van der Waals surface area contributed by atoms with Crippen LogP contribution >= 0.6 is 0 Å². The molecule has 1 nitrogen and oxygen atoms in total. The smallest absolute Gasteiger partial charge is 0.0720 e. The fraction of sp³-hybridized carbons (Fsp3) is 0.667. The van der Waals surface area contributed by atoms with E-state index in [-0.39, 0.29) is 0 Å². The number of hydrogen-bond acceptors (Lipinski definition) is 1. The zero-order valence-electron chi connectivity index (χ0n) is 13.4. The van der Waals surface area contributed by atoms with E-state index in [1.807, 2.05) is 0 Å². The highest BCUT2D eigenvalue weighted by Gasteiger charge is 2.15. The average molecular weight is 262 g/mol. The molecule has 0 saturated carbocycles. The van der Waals surface area contributed by atoms with Crippen LogP contribution in [-0.4, -0.2) is 6.10 Å². The molecule has 0 aliphatic rings. The Kier molecular flexibility index (Phi) is 6.57. The van der Waals surface area contributed by atoms with Crippen molar-refractivity contribution < 1.29 is 4.74 Å². The first kappa shape index (κ1) is 16.2. The predicted molar refractivity (Wildman–Crippen MR) is 83.4 cm³/mol. The first-order valence-electron chi connectivity index (χ1n) is 7.60. The molecule has 1 aromatic carbocycles. The van der Waals surface area contributed by atoms with Crippen molar-refractivity contribution in [3.05, 3.63) is 35.4 Å². The van der Waals surface area contributed by atoms with Crippen LogP contribution in [0.3, 0.4) is 0 Å². The van der Waals surface area contributed by atoms with Crippen molar-refractivity contribution in [1.82, 2.24) is 0 Å².